The van der Waals surface area contributed by atoms with Crippen molar-refractivity contribution in [3.63, 3.8) is 0 Å². The van der Waals surface area contributed by atoms with E-state index < -0.39 is 6.10 Å². The van der Waals surface area contributed by atoms with Gasteiger partial charge in [0.2, 0.25) is 0 Å². The zero-order valence-corrected chi connectivity index (χ0v) is 45.0. The minimum Gasteiger partial charge on any atom is -0.462 e. The lowest BCUT2D eigenvalue weighted by Crippen LogP contribution is -2.30. The van der Waals surface area contributed by atoms with Crippen molar-refractivity contribution < 1.29 is 28.6 Å². The van der Waals surface area contributed by atoms with Crippen LogP contribution in [0.15, 0.2) is 97.2 Å². The van der Waals surface area contributed by atoms with Gasteiger partial charge in [0.1, 0.15) is 13.2 Å². The summed E-state index contributed by atoms with van der Waals surface area (Å²) in [6, 6.07) is 0. The van der Waals surface area contributed by atoms with Crippen LogP contribution in [0, 0.1) is 0 Å². The van der Waals surface area contributed by atoms with Crippen LogP contribution in [0.1, 0.15) is 265 Å². The topological polar surface area (TPSA) is 78.9 Å². The Labute approximate surface area is 426 Å². The van der Waals surface area contributed by atoms with Gasteiger partial charge in [-0.25, -0.2) is 0 Å². The van der Waals surface area contributed by atoms with Crippen molar-refractivity contribution in [2.75, 3.05) is 13.2 Å². The molecule has 0 aromatic carbocycles. The Morgan fingerprint density at radius 2 is 0.565 bits per heavy atom. The molecule has 0 amide bonds. The summed E-state index contributed by atoms with van der Waals surface area (Å²) in [7, 11) is 0. The Hall–Kier alpha value is -3.67. The second kappa shape index (κ2) is 56.9. The third-order valence-corrected chi connectivity index (χ3v) is 12.1. The van der Waals surface area contributed by atoms with E-state index in [9.17, 15) is 14.4 Å². The highest BCUT2D eigenvalue weighted by molar-refractivity contribution is 5.71. The lowest BCUT2D eigenvalue weighted by Gasteiger charge is -2.18. The third kappa shape index (κ3) is 55.1. The third-order valence-electron chi connectivity index (χ3n) is 12.1. The van der Waals surface area contributed by atoms with Gasteiger partial charge < -0.3 is 14.2 Å². The van der Waals surface area contributed by atoms with Gasteiger partial charge in [0.15, 0.2) is 6.10 Å². The van der Waals surface area contributed by atoms with Crippen LogP contribution in [-0.4, -0.2) is 37.2 Å². The fourth-order valence-corrected chi connectivity index (χ4v) is 7.84. The average molecular weight is 960 g/mol. The molecule has 69 heavy (non-hydrogen) atoms. The number of unbranched alkanes of at least 4 members (excludes halogenated alkanes) is 24. The summed E-state index contributed by atoms with van der Waals surface area (Å²) < 4.78 is 16.8. The molecule has 0 aliphatic heterocycles. The molecule has 0 radical (unpaired) electrons. The minimum atomic E-state index is -0.798. The summed E-state index contributed by atoms with van der Waals surface area (Å²) in [6.07, 6.45) is 75.5. The van der Waals surface area contributed by atoms with Gasteiger partial charge in [-0.2, -0.15) is 0 Å². The van der Waals surface area contributed by atoms with Gasteiger partial charge in [-0.05, 0) is 96.3 Å². The maximum absolute atomic E-state index is 12.8. The maximum Gasteiger partial charge on any atom is 0.306 e. The van der Waals surface area contributed by atoms with Crippen molar-refractivity contribution in [2.45, 2.75) is 271 Å². The predicted molar refractivity (Wildman–Crippen MR) is 297 cm³/mol. The van der Waals surface area contributed by atoms with Crippen LogP contribution in [-0.2, 0) is 28.6 Å². The number of allylic oxidation sites excluding steroid dienone is 16. The number of carbonyl (C=O) groups is 3. The Kier molecular flexibility index (Phi) is 53.9. The molecule has 0 spiro atoms. The SMILES string of the molecule is CC/C=C\C/C=C\C/C=C\C/C=C\CCCCCCCCCCCCCCC(=O)OCC(COC(=O)CCCCCCCCCCCCC)OC(=O)CCCC/C=C\C/C=C\C/C=C\C/C=C\CC. The smallest absolute Gasteiger partial charge is 0.306 e. The normalized spacial score (nSPS) is 12.8. The number of hydrogen-bond donors (Lipinski definition) is 0. The van der Waals surface area contributed by atoms with E-state index in [-0.39, 0.29) is 37.5 Å². The summed E-state index contributed by atoms with van der Waals surface area (Å²) in [5, 5.41) is 0. The highest BCUT2D eigenvalue weighted by atomic mass is 16.6. The predicted octanol–water partition coefficient (Wildman–Crippen LogP) is 19.3. The van der Waals surface area contributed by atoms with Gasteiger partial charge >= 0.3 is 17.9 Å². The summed E-state index contributed by atoms with van der Waals surface area (Å²) >= 11 is 0. The molecule has 394 valence electrons. The first-order chi connectivity index (χ1) is 34.0. The zero-order chi connectivity index (χ0) is 50.0. The van der Waals surface area contributed by atoms with Crippen LogP contribution in [0.25, 0.3) is 0 Å². The van der Waals surface area contributed by atoms with Crippen molar-refractivity contribution >= 4 is 17.9 Å². The second-order valence-electron chi connectivity index (χ2n) is 18.8. The van der Waals surface area contributed by atoms with E-state index >= 15 is 0 Å². The van der Waals surface area contributed by atoms with Crippen molar-refractivity contribution in [3.05, 3.63) is 97.2 Å². The number of carbonyl (C=O) groups excluding carboxylic acids is 3. The Bertz CT molecular complexity index is 1380. The van der Waals surface area contributed by atoms with E-state index in [1.54, 1.807) is 0 Å². The van der Waals surface area contributed by atoms with Crippen LogP contribution in [0.5, 0.6) is 0 Å². The van der Waals surface area contributed by atoms with Gasteiger partial charge in [-0.15, -0.1) is 0 Å². The molecule has 6 heteroatoms. The molecule has 0 bridgehead atoms. The summed E-state index contributed by atoms with van der Waals surface area (Å²) in [5.74, 6) is -0.934. The molecule has 0 fully saturated rings. The van der Waals surface area contributed by atoms with E-state index in [4.69, 9.17) is 14.2 Å². The molecule has 0 aliphatic rings. The maximum atomic E-state index is 12.8. The first kappa shape index (κ1) is 65.3. The Morgan fingerprint density at radius 1 is 0.304 bits per heavy atom. The van der Waals surface area contributed by atoms with Crippen molar-refractivity contribution in [1.82, 2.24) is 0 Å². The van der Waals surface area contributed by atoms with Crippen LogP contribution in [0.3, 0.4) is 0 Å². The van der Waals surface area contributed by atoms with E-state index in [2.05, 4.69) is 118 Å². The zero-order valence-electron chi connectivity index (χ0n) is 45.0. The second-order valence-corrected chi connectivity index (χ2v) is 18.8. The monoisotopic (exact) mass is 959 g/mol. The Morgan fingerprint density at radius 3 is 0.913 bits per heavy atom. The number of hydrogen-bond acceptors (Lipinski definition) is 6. The minimum absolute atomic E-state index is 0.0927. The van der Waals surface area contributed by atoms with Gasteiger partial charge in [0.05, 0.1) is 0 Å². The average Bonchev–Trinajstić information content (AvgIpc) is 3.35. The van der Waals surface area contributed by atoms with Gasteiger partial charge in [0, 0.05) is 19.3 Å². The molecule has 1 atom stereocenters. The summed E-state index contributed by atoms with van der Waals surface area (Å²) in [5.41, 5.74) is 0. The first-order valence-electron chi connectivity index (χ1n) is 28.7. The molecule has 0 N–H and O–H groups in total. The highest BCUT2D eigenvalue weighted by Crippen LogP contribution is 2.15. The molecular formula is C63H106O6. The summed E-state index contributed by atoms with van der Waals surface area (Å²) in [6.45, 7) is 6.38. The molecule has 0 aromatic heterocycles. The van der Waals surface area contributed by atoms with E-state index in [1.165, 1.54) is 116 Å². The van der Waals surface area contributed by atoms with Crippen LogP contribution >= 0.6 is 0 Å². The molecule has 0 saturated heterocycles. The first-order valence-corrected chi connectivity index (χ1v) is 28.7. The molecule has 6 nitrogen and oxygen atoms in total. The molecule has 0 aliphatic carbocycles. The number of rotatable bonds is 51. The lowest BCUT2D eigenvalue weighted by molar-refractivity contribution is -0.167. The van der Waals surface area contributed by atoms with Crippen molar-refractivity contribution in [1.29, 1.82) is 0 Å². The summed E-state index contributed by atoms with van der Waals surface area (Å²) in [4.78, 5) is 38.1. The molecule has 0 saturated carbocycles. The van der Waals surface area contributed by atoms with Crippen molar-refractivity contribution in [3.8, 4) is 0 Å². The number of esters is 3. The quantitative estimate of drug-likeness (QED) is 0.0262. The van der Waals surface area contributed by atoms with Crippen LogP contribution in [0.2, 0.25) is 0 Å². The van der Waals surface area contributed by atoms with Gasteiger partial charge in [-0.3, -0.25) is 14.4 Å². The van der Waals surface area contributed by atoms with E-state index in [0.29, 0.717) is 19.3 Å². The molecule has 1 unspecified atom stereocenters. The highest BCUT2D eigenvalue weighted by Gasteiger charge is 2.19. The van der Waals surface area contributed by atoms with Crippen molar-refractivity contribution in [2.24, 2.45) is 0 Å². The largest absolute Gasteiger partial charge is 0.462 e. The lowest BCUT2D eigenvalue weighted by atomic mass is 10.0. The van der Waals surface area contributed by atoms with Crippen LogP contribution < -0.4 is 0 Å². The molecular weight excluding hydrogens is 853 g/mol. The fourth-order valence-electron chi connectivity index (χ4n) is 7.84. The van der Waals surface area contributed by atoms with Crippen LogP contribution in [0.4, 0.5) is 0 Å². The van der Waals surface area contributed by atoms with Gasteiger partial charge in [0.25, 0.3) is 0 Å². The Balaban J connectivity index is 4.30. The van der Waals surface area contributed by atoms with E-state index in [0.717, 1.165) is 103 Å². The number of ether oxygens (including phenoxy) is 3. The molecule has 0 heterocycles. The fraction of sp³-hybridized carbons (Fsp3) is 0.698. The standard InChI is InChI=1S/C63H106O6/c1-4-7-10-13-16-19-22-24-26-27-28-29-30-31-32-33-34-35-37-38-41-44-47-50-53-56-62(65)68-59-60(58-67-61(64)55-52-49-46-43-40-21-18-15-12-9-6-3)69-63(66)57-54-51-48-45-42-39-36-25-23-20-17-14-11-8-5-2/h7-8,10-11,16-17,19-20,24-26,28-29,36,42,45,60H,4-6,9,12-15,18,21-23,27,30-35,37-41,43-44,46-59H2,1-3H3/b10-7-,11-8-,19-16-,20-17-,26-24-,29-28-,36-25-,45-42-. The molecule has 0 aromatic rings. The molecule has 0 rings (SSSR count). The van der Waals surface area contributed by atoms with Gasteiger partial charge in [-0.1, -0.05) is 246 Å². The van der Waals surface area contributed by atoms with E-state index in [1.807, 2.05) is 0 Å².